The third kappa shape index (κ3) is 6.00. The first kappa shape index (κ1) is 21.8. The number of hydrogen-bond acceptors (Lipinski definition) is 4. The first-order valence-corrected chi connectivity index (χ1v) is 8.99. The van der Waals surface area contributed by atoms with Crippen LogP contribution in [0.2, 0.25) is 5.02 Å². The number of esters is 1. The lowest BCUT2D eigenvalue weighted by atomic mass is 10.2. The van der Waals surface area contributed by atoms with Crippen molar-refractivity contribution in [3.05, 3.63) is 62.6 Å². The van der Waals surface area contributed by atoms with Gasteiger partial charge in [-0.25, -0.2) is 13.6 Å². The number of benzene rings is 2. The molecule has 2 rings (SSSR count). The van der Waals surface area contributed by atoms with Crippen LogP contribution in [-0.2, 0) is 14.3 Å². The number of hydrogen-bond donors (Lipinski definition) is 2. The molecule has 0 saturated heterocycles. The van der Waals surface area contributed by atoms with E-state index in [4.69, 9.17) is 11.6 Å². The highest BCUT2D eigenvalue weighted by molar-refractivity contribution is 9.10. The molecular formula is C18H14BrClF2N2O4. The highest BCUT2D eigenvalue weighted by Gasteiger charge is 2.17. The maximum absolute atomic E-state index is 13.2. The SMILES string of the molecule is Cc1cc(Br)ccc1NC(=O)CNC(=O)COC(=O)c1cc(F)c(F)cc1Cl. The van der Waals surface area contributed by atoms with E-state index in [2.05, 4.69) is 31.3 Å². The Labute approximate surface area is 172 Å². The van der Waals surface area contributed by atoms with Gasteiger partial charge in [0.05, 0.1) is 17.1 Å². The van der Waals surface area contributed by atoms with Crippen molar-refractivity contribution < 1.29 is 27.9 Å². The molecule has 0 radical (unpaired) electrons. The third-order valence-electron chi connectivity index (χ3n) is 3.47. The van der Waals surface area contributed by atoms with Gasteiger partial charge in [0, 0.05) is 10.2 Å². The molecule has 0 bridgehead atoms. The van der Waals surface area contributed by atoms with Crippen molar-refractivity contribution in [3.8, 4) is 0 Å². The quantitative estimate of drug-likeness (QED) is 0.494. The standard InChI is InChI=1S/C18H14BrClF2N2O4/c1-9-4-10(19)2-3-15(9)24-16(25)7-23-17(26)8-28-18(27)11-5-13(21)14(22)6-12(11)20/h2-6H,7-8H2,1H3,(H,23,26)(H,24,25). The number of amides is 2. The Balaban J connectivity index is 1.81. The second-order valence-electron chi connectivity index (χ2n) is 5.61. The summed E-state index contributed by atoms with van der Waals surface area (Å²) < 4.78 is 31.7. The van der Waals surface area contributed by atoms with Crippen LogP contribution in [0.1, 0.15) is 15.9 Å². The maximum Gasteiger partial charge on any atom is 0.340 e. The molecule has 0 saturated carbocycles. The minimum absolute atomic E-state index is 0.349. The molecule has 2 amide bonds. The van der Waals surface area contributed by atoms with Crippen LogP contribution < -0.4 is 10.6 Å². The molecule has 0 heterocycles. The lowest BCUT2D eigenvalue weighted by Gasteiger charge is -2.10. The molecule has 2 aromatic rings. The molecule has 10 heteroatoms. The predicted molar refractivity (Wildman–Crippen MR) is 102 cm³/mol. The van der Waals surface area contributed by atoms with Gasteiger partial charge in [0.1, 0.15) is 0 Å². The highest BCUT2D eigenvalue weighted by atomic mass is 79.9. The van der Waals surface area contributed by atoms with Gasteiger partial charge in [0.25, 0.3) is 5.91 Å². The summed E-state index contributed by atoms with van der Waals surface area (Å²) in [5.74, 6) is -4.83. The van der Waals surface area contributed by atoms with Gasteiger partial charge in [-0.1, -0.05) is 27.5 Å². The van der Waals surface area contributed by atoms with E-state index in [1.807, 2.05) is 13.0 Å². The summed E-state index contributed by atoms with van der Waals surface area (Å²) in [5, 5.41) is 4.54. The van der Waals surface area contributed by atoms with Crippen LogP contribution >= 0.6 is 27.5 Å². The smallest absolute Gasteiger partial charge is 0.340 e. The first-order valence-electron chi connectivity index (χ1n) is 7.81. The maximum atomic E-state index is 13.2. The van der Waals surface area contributed by atoms with Gasteiger partial charge >= 0.3 is 5.97 Å². The zero-order valence-electron chi connectivity index (χ0n) is 14.4. The average Bonchev–Trinajstić information content (AvgIpc) is 2.63. The van der Waals surface area contributed by atoms with Gasteiger partial charge in [0.15, 0.2) is 18.2 Å². The number of ether oxygens (including phenoxy) is 1. The predicted octanol–water partition coefficient (Wildman–Crippen LogP) is 3.60. The van der Waals surface area contributed by atoms with Crippen LogP contribution in [0.25, 0.3) is 0 Å². The third-order valence-corrected chi connectivity index (χ3v) is 4.28. The Morgan fingerprint density at radius 2 is 1.79 bits per heavy atom. The molecule has 28 heavy (non-hydrogen) atoms. The largest absolute Gasteiger partial charge is 0.452 e. The van der Waals surface area contributed by atoms with Gasteiger partial charge in [-0.2, -0.15) is 0 Å². The number of nitrogens with one attached hydrogen (secondary N) is 2. The number of halogens is 4. The van der Waals surface area contributed by atoms with E-state index >= 15 is 0 Å². The molecule has 0 fully saturated rings. The van der Waals surface area contributed by atoms with E-state index < -0.39 is 41.6 Å². The molecule has 0 aromatic heterocycles. The topological polar surface area (TPSA) is 84.5 Å². The van der Waals surface area contributed by atoms with Crippen molar-refractivity contribution >= 4 is 51.0 Å². The number of rotatable bonds is 6. The minimum Gasteiger partial charge on any atom is -0.452 e. The summed E-state index contributed by atoms with van der Waals surface area (Å²) in [5.41, 5.74) is 0.991. The average molecular weight is 476 g/mol. The number of carbonyl (C=O) groups excluding carboxylic acids is 3. The lowest BCUT2D eigenvalue weighted by molar-refractivity contribution is -0.126. The molecule has 0 aliphatic heterocycles. The van der Waals surface area contributed by atoms with Crippen molar-refractivity contribution in [2.24, 2.45) is 0 Å². The monoisotopic (exact) mass is 474 g/mol. The zero-order chi connectivity index (χ0) is 20.8. The minimum atomic E-state index is -1.28. The molecule has 6 nitrogen and oxygen atoms in total. The number of carbonyl (C=O) groups is 3. The van der Waals surface area contributed by atoms with Crippen molar-refractivity contribution in [3.63, 3.8) is 0 Å². The Bertz CT molecular complexity index is 940. The summed E-state index contributed by atoms with van der Waals surface area (Å²) in [6.07, 6.45) is 0. The Hall–Kier alpha value is -2.52. The molecule has 0 unspecified atom stereocenters. The summed E-state index contributed by atoms with van der Waals surface area (Å²) in [6, 6.07) is 6.47. The van der Waals surface area contributed by atoms with Gasteiger partial charge < -0.3 is 15.4 Å². The summed E-state index contributed by atoms with van der Waals surface area (Å²) >= 11 is 8.96. The second-order valence-corrected chi connectivity index (χ2v) is 6.93. The fourth-order valence-electron chi connectivity index (χ4n) is 2.08. The van der Waals surface area contributed by atoms with E-state index in [9.17, 15) is 23.2 Å². The fourth-order valence-corrected chi connectivity index (χ4v) is 2.78. The normalized spacial score (nSPS) is 10.3. The van der Waals surface area contributed by atoms with Crippen molar-refractivity contribution in [1.82, 2.24) is 5.32 Å². The molecule has 0 aliphatic rings. The zero-order valence-corrected chi connectivity index (χ0v) is 16.8. The van der Waals surface area contributed by atoms with Crippen LogP contribution in [0.5, 0.6) is 0 Å². The van der Waals surface area contributed by atoms with E-state index in [1.165, 1.54) is 0 Å². The van der Waals surface area contributed by atoms with E-state index in [-0.39, 0.29) is 11.6 Å². The van der Waals surface area contributed by atoms with Crippen LogP contribution in [0.4, 0.5) is 14.5 Å². The van der Waals surface area contributed by atoms with Gasteiger partial charge in [-0.3, -0.25) is 9.59 Å². The molecule has 0 aliphatic carbocycles. The van der Waals surface area contributed by atoms with Crippen LogP contribution in [0, 0.1) is 18.6 Å². The molecular weight excluding hydrogens is 462 g/mol. The Kier molecular flexibility index (Phi) is 7.47. The summed E-state index contributed by atoms with van der Waals surface area (Å²) in [4.78, 5) is 35.4. The fraction of sp³-hybridized carbons (Fsp3) is 0.167. The van der Waals surface area contributed by atoms with Crippen LogP contribution in [0.15, 0.2) is 34.8 Å². The number of anilines is 1. The first-order chi connectivity index (χ1) is 13.2. The van der Waals surface area contributed by atoms with Crippen molar-refractivity contribution in [2.45, 2.75) is 6.92 Å². The van der Waals surface area contributed by atoms with Gasteiger partial charge in [-0.05, 0) is 42.8 Å². The molecule has 2 N–H and O–H groups in total. The molecule has 148 valence electrons. The number of aryl methyl sites for hydroxylation is 1. The van der Waals surface area contributed by atoms with Crippen molar-refractivity contribution in [2.75, 3.05) is 18.5 Å². The van der Waals surface area contributed by atoms with E-state index in [0.29, 0.717) is 17.8 Å². The molecule has 2 aromatic carbocycles. The van der Waals surface area contributed by atoms with E-state index in [0.717, 1.165) is 10.0 Å². The Morgan fingerprint density at radius 1 is 1.11 bits per heavy atom. The Morgan fingerprint density at radius 3 is 2.46 bits per heavy atom. The molecule has 0 spiro atoms. The van der Waals surface area contributed by atoms with E-state index in [1.54, 1.807) is 12.1 Å². The summed E-state index contributed by atoms with van der Waals surface area (Å²) in [6.45, 7) is 0.735. The summed E-state index contributed by atoms with van der Waals surface area (Å²) in [7, 11) is 0. The van der Waals surface area contributed by atoms with Crippen LogP contribution in [0.3, 0.4) is 0 Å². The van der Waals surface area contributed by atoms with Crippen LogP contribution in [-0.4, -0.2) is 30.9 Å². The van der Waals surface area contributed by atoms with Gasteiger partial charge in [-0.15, -0.1) is 0 Å². The highest BCUT2D eigenvalue weighted by Crippen LogP contribution is 2.21. The molecule has 0 atom stereocenters. The lowest BCUT2D eigenvalue weighted by Crippen LogP contribution is -2.35. The van der Waals surface area contributed by atoms with Gasteiger partial charge in [0.2, 0.25) is 5.91 Å². The second kappa shape index (κ2) is 9.61. The van der Waals surface area contributed by atoms with Crippen molar-refractivity contribution in [1.29, 1.82) is 0 Å².